The third-order valence-corrected chi connectivity index (χ3v) is 5.52. The lowest BCUT2D eigenvalue weighted by Crippen LogP contribution is -2.44. The van der Waals surface area contributed by atoms with Gasteiger partial charge in [-0.1, -0.05) is 18.2 Å². The number of sulfonamides is 1. The molecule has 0 radical (unpaired) electrons. The standard InChI is InChI=1S/C16H17FN2O3S/c1-18-10-9-16-22-15-11-12(17)7-8-14(15)19(23(16,20)21)13-5-3-2-4-6-13/h2-8,11,16,18H,9-10H2,1H3/t16-/m0/s1. The van der Waals surface area contributed by atoms with Crippen LogP contribution in [0.3, 0.4) is 0 Å². The van der Waals surface area contributed by atoms with E-state index in [4.69, 9.17) is 4.74 Å². The van der Waals surface area contributed by atoms with Crippen LogP contribution in [0.15, 0.2) is 48.5 Å². The van der Waals surface area contributed by atoms with Gasteiger partial charge in [-0.05, 0) is 37.9 Å². The molecule has 3 rings (SSSR count). The van der Waals surface area contributed by atoms with Crippen LogP contribution in [0.25, 0.3) is 0 Å². The quantitative estimate of drug-likeness (QED) is 0.932. The van der Waals surface area contributed by atoms with Crippen LogP contribution in [-0.2, 0) is 10.0 Å². The second kappa shape index (κ2) is 6.17. The van der Waals surface area contributed by atoms with Crippen molar-refractivity contribution in [1.29, 1.82) is 0 Å². The number of halogens is 1. The van der Waals surface area contributed by atoms with Crippen LogP contribution in [0.5, 0.6) is 5.75 Å². The van der Waals surface area contributed by atoms with Crippen molar-refractivity contribution < 1.29 is 17.5 Å². The first-order valence-electron chi connectivity index (χ1n) is 7.24. The minimum absolute atomic E-state index is 0.227. The molecule has 1 atom stereocenters. The zero-order valence-electron chi connectivity index (χ0n) is 12.6. The monoisotopic (exact) mass is 336 g/mol. The van der Waals surface area contributed by atoms with Gasteiger partial charge >= 0.3 is 0 Å². The van der Waals surface area contributed by atoms with Crippen LogP contribution in [-0.4, -0.2) is 27.4 Å². The van der Waals surface area contributed by atoms with Gasteiger partial charge in [0.1, 0.15) is 11.6 Å². The van der Waals surface area contributed by atoms with E-state index in [1.54, 1.807) is 37.4 Å². The number of fused-ring (bicyclic) bond motifs is 1. The molecule has 0 amide bonds. The van der Waals surface area contributed by atoms with Crippen molar-refractivity contribution in [2.24, 2.45) is 0 Å². The number of hydrogen-bond acceptors (Lipinski definition) is 4. The summed E-state index contributed by atoms with van der Waals surface area (Å²) in [5.74, 6) is -0.242. The minimum Gasteiger partial charge on any atom is -0.470 e. The lowest BCUT2D eigenvalue weighted by Gasteiger charge is -2.35. The molecule has 23 heavy (non-hydrogen) atoms. The predicted molar refractivity (Wildman–Crippen MR) is 86.9 cm³/mol. The third kappa shape index (κ3) is 2.89. The van der Waals surface area contributed by atoms with Gasteiger partial charge < -0.3 is 10.1 Å². The van der Waals surface area contributed by atoms with Crippen LogP contribution in [0, 0.1) is 5.82 Å². The van der Waals surface area contributed by atoms with E-state index < -0.39 is 21.3 Å². The fourth-order valence-electron chi connectivity index (χ4n) is 2.53. The first kappa shape index (κ1) is 15.8. The molecule has 0 saturated heterocycles. The SMILES string of the molecule is CNCC[C@H]1Oc2cc(F)ccc2N(c2ccccc2)S1(=O)=O. The molecule has 2 aromatic carbocycles. The Balaban J connectivity index is 2.14. The van der Waals surface area contributed by atoms with E-state index in [1.807, 2.05) is 0 Å². The summed E-state index contributed by atoms with van der Waals surface area (Å²) in [6.45, 7) is 0.469. The zero-order valence-corrected chi connectivity index (χ0v) is 13.4. The largest absolute Gasteiger partial charge is 0.470 e. The first-order chi connectivity index (χ1) is 11.0. The minimum atomic E-state index is -3.77. The third-order valence-electron chi connectivity index (χ3n) is 3.61. The lowest BCUT2D eigenvalue weighted by molar-refractivity contribution is 0.256. The fraction of sp³-hybridized carbons (Fsp3) is 0.250. The number of hydrogen-bond donors (Lipinski definition) is 1. The van der Waals surface area contributed by atoms with Crippen molar-refractivity contribution in [3.63, 3.8) is 0 Å². The van der Waals surface area contributed by atoms with Gasteiger partial charge in [0.2, 0.25) is 5.44 Å². The maximum Gasteiger partial charge on any atom is 0.278 e. The van der Waals surface area contributed by atoms with E-state index in [-0.39, 0.29) is 12.2 Å². The second-order valence-corrected chi connectivity index (χ2v) is 7.12. The second-order valence-electron chi connectivity index (χ2n) is 5.20. The van der Waals surface area contributed by atoms with Gasteiger partial charge in [-0.25, -0.2) is 17.1 Å². The van der Waals surface area contributed by atoms with Crippen LogP contribution >= 0.6 is 0 Å². The number of anilines is 2. The fourth-order valence-corrected chi connectivity index (χ4v) is 4.24. The topological polar surface area (TPSA) is 58.6 Å². The summed E-state index contributed by atoms with van der Waals surface area (Å²) in [6.07, 6.45) is 0.262. The Bertz CT molecular complexity index is 796. The average molecular weight is 336 g/mol. The molecule has 0 bridgehead atoms. The number of rotatable bonds is 4. The Hall–Kier alpha value is -2.12. The van der Waals surface area contributed by atoms with Gasteiger partial charge in [-0.3, -0.25) is 0 Å². The Labute approximate surface area is 134 Å². The summed E-state index contributed by atoms with van der Waals surface area (Å²) in [6, 6.07) is 12.6. The molecule has 0 aliphatic carbocycles. The van der Waals surface area contributed by atoms with E-state index in [2.05, 4.69) is 5.32 Å². The highest BCUT2D eigenvalue weighted by Gasteiger charge is 2.40. The Kier molecular flexibility index (Phi) is 4.23. The molecular weight excluding hydrogens is 319 g/mol. The van der Waals surface area contributed by atoms with E-state index in [0.29, 0.717) is 17.9 Å². The van der Waals surface area contributed by atoms with Crippen molar-refractivity contribution >= 4 is 21.4 Å². The molecule has 122 valence electrons. The maximum atomic E-state index is 13.5. The van der Waals surface area contributed by atoms with Crippen molar-refractivity contribution in [3.05, 3.63) is 54.3 Å². The number of para-hydroxylation sites is 1. The molecule has 0 fully saturated rings. The predicted octanol–water partition coefficient (Wildman–Crippen LogP) is 2.62. The molecule has 0 saturated carbocycles. The summed E-state index contributed by atoms with van der Waals surface area (Å²) in [5, 5.41) is 2.91. The van der Waals surface area contributed by atoms with E-state index >= 15 is 0 Å². The smallest absolute Gasteiger partial charge is 0.278 e. The summed E-state index contributed by atoms with van der Waals surface area (Å²) >= 11 is 0. The molecule has 1 N–H and O–H groups in total. The van der Waals surface area contributed by atoms with Gasteiger partial charge in [-0.2, -0.15) is 0 Å². The molecule has 5 nitrogen and oxygen atoms in total. The number of ether oxygens (including phenoxy) is 1. The van der Waals surface area contributed by atoms with Gasteiger partial charge in [0.25, 0.3) is 10.0 Å². The van der Waals surface area contributed by atoms with Gasteiger partial charge in [-0.15, -0.1) is 0 Å². The summed E-state index contributed by atoms with van der Waals surface area (Å²) in [7, 11) is -2.03. The Morgan fingerprint density at radius 3 is 2.65 bits per heavy atom. The summed E-state index contributed by atoms with van der Waals surface area (Å²) in [4.78, 5) is 0. The molecule has 1 aliphatic heterocycles. The molecule has 0 unspecified atom stereocenters. The zero-order chi connectivity index (χ0) is 16.4. The van der Waals surface area contributed by atoms with Gasteiger partial charge in [0.15, 0.2) is 0 Å². The molecule has 0 aromatic heterocycles. The number of nitrogens with zero attached hydrogens (tertiary/aromatic N) is 1. The summed E-state index contributed by atoms with van der Waals surface area (Å²) in [5.41, 5.74) is -0.249. The molecular formula is C16H17FN2O3S. The van der Waals surface area contributed by atoms with E-state index in [0.717, 1.165) is 0 Å². The van der Waals surface area contributed by atoms with Crippen LogP contribution in [0.2, 0.25) is 0 Å². The van der Waals surface area contributed by atoms with Crippen LogP contribution < -0.4 is 14.4 Å². The van der Waals surface area contributed by atoms with E-state index in [9.17, 15) is 12.8 Å². The van der Waals surface area contributed by atoms with Gasteiger partial charge in [0.05, 0.1) is 11.4 Å². The van der Waals surface area contributed by atoms with Gasteiger partial charge in [0, 0.05) is 12.5 Å². The first-order valence-corrected chi connectivity index (χ1v) is 8.74. The van der Waals surface area contributed by atoms with Crippen LogP contribution in [0.1, 0.15) is 6.42 Å². The van der Waals surface area contributed by atoms with Crippen molar-refractivity contribution in [2.75, 3.05) is 17.9 Å². The molecule has 1 heterocycles. The molecule has 0 spiro atoms. The Morgan fingerprint density at radius 1 is 1.22 bits per heavy atom. The number of nitrogens with one attached hydrogen (secondary N) is 1. The lowest BCUT2D eigenvalue weighted by atomic mass is 10.2. The number of benzene rings is 2. The highest BCUT2D eigenvalue weighted by molar-refractivity contribution is 7.93. The highest BCUT2D eigenvalue weighted by Crippen LogP contribution is 2.42. The molecule has 1 aliphatic rings. The average Bonchev–Trinajstić information content (AvgIpc) is 2.53. The van der Waals surface area contributed by atoms with E-state index in [1.165, 1.54) is 22.5 Å². The molecule has 7 heteroatoms. The van der Waals surface area contributed by atoms with Crippen molar-refractivity contribution in [3.8, 4) is 5.75 Å². The molecule has 2 aromatic rings. The van der Waals surface area contributed by atoms with Crippen molar-refractivity contribution in [1.82, 2.24) is 5.32 Å². The Morgan fingerprint density at radius 2 is 1.96 bits per heavy atom. The van der Waals surface area contributed by atoms with Crippen molar-refractivity contribution in [2.45, 2.75) is 11.9 Å². The highest BCUT2D eigenvalue weighted by atomic mass is 32.2. The normalized spacial score (nSPS) is 19.0. The maximum absolute atomic E-state index is 13.5. The van der Waals surface area contributed by atoms with Crippen LogP contribution in [0.4, 0.5) is 15.8 Å². The summed E-state index contributed by atoms with van der Waals surface area (Å²) < 4.78 is 46.2.